The Morgan fingerprint density at radius 2 is 2.19 bits per heavy atom. The maximum Gasteiger partial charge on any atom is 0.407 e. The third-order valence-corrected chi connectivity index (χ3v) is 1.92. The van der Waals surface area contributed by atoms with E-state index in [-0.39, 0.29) is 12.5 Å². The lowest BCUT2D eigenvalue weighted by molar-refractivity contribution is -0.115. The van der Waals surface area contributed by atoms with Crippen LogP contribution in [0.3, 0.4) is 0 Å². The van der Waals surface area contributed by atoms with E-state index in [0.29, 0.717) is 10.7 Å². The van der Waals surface area contributed by atoms with Gasteiger partial charge in [-0.2, -0.15) is 0 Å². The average Bonchev–Trinajstić information content (AvgIpc) is 2.26. The molecule has 2 N–H and O–H groups in total. The van der Waals surface area contributed by atoms with E-state index in [1.165, 1.54) is 7.11 Å². The van der Waals surface area contributed by atoms with E-state index in [9.17, 15) is 9.59 Å². The predicted molar refractivity (Wildman–Crippen MR) is 60.5 cm³/mol. The summed E-state index contributed by atoms with van der Waals surface area (Å²) in [5, 5.41) is 5.36. The number of anilines is 1. The molecule has 1 rings (SSSR count). The molecule has 16 heavy (non-hydrogen) atoms. The predicted octanol–water partition coefficient (Wildman–Crippen LogP) is 1.63. The molecule has 0 aromatic heterocycles. The Morgan fingerprint density at radius 3 is 2.81 bits per heavy atom. The fourth-order valence-corrected chi connectivity index (χ4v) is 1.19. The summed E-state index contributed by atoms with van der Waals surface area (Å²) >= 11 is 5.74. The quantitative estimate of drug-likeness (QED) is 0.847. The molecule has 0 aliphatic rings. The molecular formula is C10H11ClN2O3. The lowest BCUT2D eigenvalue weighted by atomic mass is 10.3. The molecule has 0 spiro atoms. The third kappa shape index (κ3) is 4.18. The van der Waals surface area contributed by atoms with Crippen molar-refractivity contribution in [3.63, 3.8) is 0 Å². The van der Waals surface area contributed by atoms with E-state index in [4.69, 9.17) is 11.6 Å². The van der Waals surface area contributed by atoms with Gasteiger partial charge in [-0.1, -0.05) is 17.7 Å². The van der Waals surface area contributed by atoms with Gasteiger partial charge in [-0.15, -0.1) is 0 Å². The lowest BCUT2D eigenvalue weighted by Crippen LogP contribution is -2.32. The van der Waals surface area contributed by atoms with E-state index in [1.54, 1.807) is 24.3 Å². The van der Waals surface area contributed by atoms with E-state index in [2.05, 4.69) is 15.4 Å². The highest BCUT2D eigenvalue weighted by Gasteiger charge is 2.05. The van der Waals surface area contributed by atoms with Gasteiger partial charge >= 0.3 is 6.09 Å². The van der Waals surface area contributed by atoms with Crippen LogP contribution in [-0.2, 0) is 9.53 Å². The highest BCUT2D eigenvalue weighted by Crippen LogP contribution is 2.14. The minimum absolute atomic E-state index is 0.154. The number of hydrogen-bond acceptors (Lipinski definition) is 3. The SMILES string of the molecule is COC(=O)NCC(=O)Nc1cccc(Cl)c1. The number of amides is 2. The second kappa shape index (κ2) is 5.97. The van der Waals surface area contributed by atoms with Crippen LogP contribution in [0.4, 0.5) is 10.5 Å². The van der Waals surface area contributed by atoms with Gasteiger partial charge < -0.3 is 15.4 Å². The van der Waals surface area contributed by atoms with Gasteiger partial charge in [-0.25, -0.2) is 4.79 Å². The van der Waals surface area contributed by atoms with Crippen molar-refractivity contribution < 1.29 is 14.3 Å². The molecule has 0 bridgehead atoms. The van der Waals surface area contributed by atoms with Crippen LogP contribution in [0.15, 0.2) is 24.3 Å². The van der Waals surface area contributed by atoms with Crippen LogP contribution < -0.4 is 10.6 Å². The summed E-state index contributed by atoms with van der Waals surface area (Å²) in [5.74, 6) is -0.354. The Morgan fingerprint density at radius 1 is 1.44 bits per heavy atom. The van der Waals surface area contributed by atoms with Gasteiger partial charge in [0.25, 0.3) is 0 Å². The molecule has 1 aromatic rings. The Hall–Kier alpha value is -1.75. The molecule has 5 nitrogen and oxygen atoms in total. The van der Waals surface area contributed by atoms with Gasteiger partial charge in [-0.3, -0.25) is 4.79 Å². The Bertz CT molecular complexity index is 395. The minimum Gasteiger partial charge on any atom is -0.453 e. The normalized spacial score (nSPS) is 9.38. The van der Waals surface area contributed by atoms with Crippen molar-refractivity contribution in [3.05, 3.63) is 29.3 Å². The van der Waals surface area contributed by atoms with Gasteiger partial charge in [-0.05, 0) is 18.2 Å². The number of hydrogen-bond donors (Lipinski definition) is 2. The molecule has 0 aliphatic heterocycles. The molecule has 0 aliphatic carbocycles. The Balaban J connectivity index is 2.43. The Labute approximate surface area is 97.7 Å². The summed E-state index contributed by atoms with van der Waals surface area (Å²) in [6.45, 7) is -0.154. The zero-order valence-electron chi connectivity index (χ0n) is 8.62. The molecule has 1 aromatic carbocycles. The van der Waals surface area contributed by atoms with Gasteiger partial charge in [0.1, 0.15) is 6.54 Å². The van der Waals surface area contributed by atoms with Crippen LogP contribution in [-0.4, -0.2) is 25.7 Å². The van der Waals surface area contributed by atoms with Crippen LogP contribution in [0.2, 0.25) is 5.02 Å². The van der Waals surface area contributed by atoms with Crippen molar-refractivity contribution in [2.75, 3.05) is 19.0 Å². The molecule has 0 atom stereocenters. The van der Waals surface area contributed by atoms with Crippen molar-refractivity contribution in [1.29, 1.82) is 0 Å². The van der Waals surface area contributed by atoms with Crippen molar-refractivity contribution >= 4 is 29.3 Å². The van der Waals surface area contributed by atoms with Crippen LogP contribution in [0.25, 0.3) is 0 Å². The first kappa shape index (κ1) is 12.3. The van der Waals surface area contributed by atoms with E-state index in [0.717, 1.165) is 0 Å². The number of carbonyl (C=O) groups is 2. The molecule has 0 heterocycles. The molecule has 0 fully saturated rings. The van der Waals surface area contributed by atoms with Gasteiger partial charge in [0, 0.05) is 10.7 Å². The van der Waals surface area contributed by atoms with Gasteiger partial charge in [0.05, 0.1) is 7.11 Å². The molecule has 86 valence electrons. The van der Waals surface area contributed by atoms with Crippen molar-refractivity contribution in [1.82, 2.24) is 5.32 Å². The second-order valence-corrected chi connectivity index (χ2v) is 3.34. The fourth-order valence-electron chi connectivity index (χ4n) is 0.996. The average molecular weight is 243 g/mol. The molecule has 0 saturated heterocycles. The number of halogens is 1. The summed E-state index contributed by atoms with van der Waals surface area (Å²) in [6, 6.07) is 6.72. The maximum absolute atomic E-state index is 11.3. The topological polar surface area (TPSA) is 67.4 Å². The largest absolute Gasteiger partial charge is 0.453 e. The van der Waals surface area contributed by atoms with Crippen molar-refractivity contribution in [2.45, 2.75) is 0 Å². The highest BCUT2D eigenvalue weighted by atomic mass is 35.5. The molecule has 0 unspecified atom stereocenters. The van der Waals surface area contributed by atoms with Crippen LogP contribution in [0.1, 0.15) is 0 Å². The molecular weight excluding hydrogens is 232 g/mol. The number of nitrogens with one attached hydrogen (secondary N) is 2. The van der Waals surface area contributed by atoms with Crippen LogP contribution in [0, 0.1) is 0 Å². The first-order valence-electron chi connectivity index (χ1n) is 4.49. The van der Waals surface area contributed by atoms with Crippen LogP contribution >= 0.6 is 11.6 Å². The second-order valence-electron chi connectivity index (χ2n) is 2.90. The standard InChI is InChI=1S/C10H11ClN2O3/c1-16-10(15)12-6-9(14)13-8-4-2-3-7(11)5-8/h2-5H,6H2,1H3,(H,12,15)(H,13,14). The number of carbonyl (C=O) groups excluding carboxylic acids is 2. The third-order valence-electron chi connectivity index (χ3n) is 1.69. The summed E-state index contributed by atoms with van der Waals surface area (Å²) in [5.41, 5.74) is 0.573. The lowest BCUT2D eigenvalue weighted by Gasteiger charge is -2.06. The molecule has 2 amide bonds. The number of alkyl carbamates (subject to hydrolysis) is 1. The first-order valence-corrected chi connectivity index (χ1v) is 4.87. The zero-order chi connectivity index (χ0) is 12.0. The van der Waals surface area contributed by atoms with E-state index in [1.807, 2.05) is 0 Å². The molecule has 6 heteroatoms. The molecule has 0 saturated carbocycles. The first-order chi connectivity index (χ1) is 7.61. The Kier molecular flexibility index (Phi) is 4.60. The minimum atomic E-state index is -0.652. The summed E-state index contributed by atoms with van der Waals surface area (Å²) < 4.78 is 4.32. The zero-order valence-corrected chi connectivity index (χ0v) is 9.38. The summed E-state index contributed by atoms with van der Waals surface area (Å²) in [7, 11) is 1.23. The number of methoxy groups -OCH3 is 1. The monoisotopic (exact) mass is 242 g/mol. The maximum atomic E-state index is 11.3. The summed E-state index contributed by atoms with van der Waals surface area (Å²) in [6.07, 6.45) is -0.652. The smallest absolute Gasteiger partial charge is 0.407 e. The van der Waals surface area contributed by atoms with E-state index >= 15 is 0 Å². The van der Waals surface area contributed by atoms with Gasteiger partial charge in [0.2, 0.25) is 5.91 Å². The van der Waals surface area contributed by atoms with Crippen LogP contribution in [0.5, 0.6) is 0 Å². The van der Waals surface area contributed by atoms with E-state index < -0.39 is 6.09 Å². The van der Waals surface area contributed by atoms with Gasteiger partial charge in [0.15, 0.2) is 0 Å². The number of ether oxygens (including phenoxy) is 1. The highest BCUT2D eigenvalue weighted by molar-refractivity contribution is 6.30. The van der Waals surface area contributed by atoms with Crippen molar-refractivity contribution in [2.24, 2.45) is 0 Å². The van der Waals surface area contributed by atoms with Crippen molar-refractivity contribution in [3.8, 4) is 0 Å². The fraction of sp³-hybridized carbons (Fsp3) is 0.200. The summed E-state index contributed by atoms with van der Waals surface area (Å²) in [4.78, 5) is 22.0. The molecule has 0 radical (unpaired) electrons. The number of benzene rings is 1. The number of rotatable bonds is 3.